The molecule has 0 aromatic heterocycles. The van der Waals surface area contributed by atoms with Crippen LogP contribution in [0.1, 0.15) is 33.1 Å². The number of hydrogen-bond acceptors (Lipinski definition) is 1. The maximum atomic E-state index is 11.1. The van der Waals surface area contributed by atoms with Gasteiger partial charge in [0.1, 0.15) is 0 Å². The molecule has 0 aliphatic heterocycles. The molecule has 1 N–H and O–H groups in total. The normalized spacial score (nSPS) is 51.3. The fraction of sp³-hybridized carbons (Fsp3) is 0.900. The van der Waals surface area contributed by atoms with Crippen LogP contribution >= 0.6 is 0 Å². The summed E-state index contributed by atoms with van der Waals surface area (Å²) in [5, 5.41) is 9.11. The summed E-state index contributed by atoms with van der Waals surface area (Å²) < 4.78 is 0. The summed E-state index contributed by atoms with van der Waals surface area (Å²) in [7, 11) is 0. The van der Waals surface area contributed by atoms with E-state index in [9.17, 15) is 4.79 Å². The quantitative estimate of drug-likeness (QED) is 0.651. The van der Waals surface area contributed by atoms with E-state index in [2.05, 4.69) is 6.92 Å². The van der Waals surface area contributed by atoms with Gasteiger partial charge in [0.15, 0.2) is 0 Å². The Labute approximate surface area is 73.0 Å². The highest BCUT2D eigenvalue weighted by Crippen LogP contribution is 2.59. The fourth-order valence-electron chi connectivity index (χ4n) is 3.38. The molecule has 0 spiro atoms. The molecule has 4 unspecified atom stereocenters. The van der Waals surface area contributed by atoms with E-state index in [1.54, 1.807) is 0 Å². The molecule has 0 amide bonds. The summed E-state index contributed by atoms with van der Waals surface area (Å²) in [4.78, 5) is 11.1. The monoisotopic (exact) mass is 168 g/mol. The van der Waals surface area contributed by atoms with Crippen LogP contribution in [0.3, 0.4) is 0 Å². The average Bonchev–Trinajstić information content (AvgIpc) is 2.44. The van der Waals surface area contributed by atoms with Gasteiger partial charge in [0.05, 0.1) is 5.41 Å². The second-order valence-electron chi connectivity index (χ2n) is 4.73. The highest BCUT2D eigenvalue weighted by atomic mass is 16.4. The van der Waals surface area contributed by atoms with E-state index >= 15 is 0 Å². The maximum absolute atomic E-state index is 11.1. The van der Waals surface area contributed by atoms with Gasteiger partial charge in [0, 0.05) is 0 Å². The predicted molar refractivity (Wildman–Crippen MR) is 45.7 cm³/mol. The molecule has 68 valence electrons. The van der Waals surface area contributed by atoms with E-state index < -0.39 is 11.4 Å². The third-order valence-electron chi connectivity index (χ3n) is 4.22. The van der Waals surface area contributed by atoms with Crippen molar-refractivity contribution in [3.63, 3.8) is 0 Å². The van der Waals surface area contributed by atoms with Crippen LogP contribution in [0, 0.1) is 23.2 Å². The summed E-state index contributed by atoms with van der Waals surface area (Å²) >= 11 is 0. The van der Waals surface area contributed by atoms with Gasteiger partial charge in [-0.15, -0.1) is 0 Å². The molecule has 2 aliphatic carbocycles. The van der Waals surface area contributed by atoms with Crippen molar-refractivity contribution in [2.45, 2.75) is 33.1 Å². The van der Waals surface area contributed by atoms with Gasteiger partial charge in [-0.2, -0.15) is 0 Å². The Morgan fingerprint density at radius 3 is 2.42 bits per heavy atom. The largest absolute Gasteiger partial charge is 0.481 e. The zero-order valence-corrected chi connectivity index (χ0v) is 7.71. The lowest BCUT2D eigenvalue weighted by Gasteiger charge is -2.29. The SMILES string of the molecule is CC1C2CCC1C(C)(C(=O)O)C2. The lowest BCUT2D eigenvalue weighted by molar-refractivity contribution is -0.151. The van der Waals surface area contributed by atoms with Crippen LogP contribution in [-0.2, 0) is 4.79 Å². The second-order valence-corrected chi connectivity index (χ2v) is 4.73. The molecular weight excluding hydrogens is 152 g/mol. The van der Waals surface area contributed by atoms with Crippen LogP contribution in [0.5, 0.6) is 0 Å². The maximum Gasteiger partial charge on any atom is 0.309 e. The highest BCUT2D eigenvalue weighted by Gasteiger charge is 2.56. The molecule has 0 aromatic carbocycles. The molecule has 2 nitrogen and oxygen atoms in total. The number of carbonyl (C=O) groups is 1. The van der Waals surface area contributed by atoms with Crippen LogP contribution in [-0.4, -0.2) is 11.1 Å². The van der Waals surface area contributed by atoms with E-state index in [-0.39, 0.29) is 0 Å². The van der Waals surface area contributed by atoms with Crippen molar-refractivity contribution in [2.75, 3.05) is 0 Å². The van der Waals surface area contributed by atoms with Crippen molar-refractivity contribution in [1.82, 2.24) is 0 Å². The summed E-state index contributed by atoms with van der Waals surface area (Å²) in [6.07, 6.45) is 3.30. The third-order valence-corrected chi connectivity index (χ3v) is 4.22. The molecule has 0 saturated heterocycles. The molecule has 2 bridgehead atoms. The van der Waals surface area contributed by atoms with Crippen molar-refractivity contribution < 1.29 is 9.90 Å². The Morgan fingerprint density at radius 2 is 2.17 bits per heavy atom. The molecular formula is C10H16O2. The molecule has 2 saturated carbocycles. The topological polar surface area (TPSA) is 37.3 Å². The van der Waals surface area contributed by atoms with Crippen LogP contribution < -0.4 is 0 Å². The first-order valence-corrected chi connectivity index (χ1v) is 4.79. The number of carboxylic acids is 1. The Morgan fingerprint density at radius 1 is 1.50 bits per heavy atom. The van der Waals surface area contributed by atoms with Gasteiger partial charge in [0.25, 0.3) is 0 Å². The second kappa shape index (κ2) is 2.24. The predicted octanol–water partition coefficient (Wildman–Crippen LogP) is 2.14. The zero-order chi connectivity index (χ0) is 8.93. The van der Waals surface area contributed by atoms with Crippen molar-refractivity contribution >= 4 is 5.97 Å². The Hall–Kier alpha value is -0.530. The zero-order valence-electron chi connectivity index (χ0n) is 7.71. The van der Waals surface area contributed by atoms with E-state index in [1.807, 2.05) is 6.92 Å². The van der Waals surface area contributed by atoms with Crippen LogP contribution in [0.15, 0.2) is 0 Å². The van der Waals surface area contributed by atoms with Gasteiger partial charge in [0.2, 0.25) is 0 Å². The summed E-state index contributed by atoms with van der Waals surface area (Å²) in [6, 6.07) is 0. The number of carboxylic acid groups (broad SMARTS) is 1. The molecule has 4 atom stereocenters. The van der Waals surface area contributed by atoms with Crippen LogP contribution in [0.2, 0.25) is 0 Å². The average molecular weight is 168 g/mol. The molecule has 0 heterocycles. The minimum Gasteiger partial charge on any atom is -0.481 e. The summed E-state index contributed by atoms with van der Waals surface area (Å²) in [5.74, 6) is 1.20. The first kappa shape index (κ1) is 8.09. The highest BCUT2D eigenvalue weighted by molar-refractivity contribution is 5.75. The number of aliphatic carboxylic acids is 1. The summed E-state index contributed by atoms with van der Waals surface area (Å²) in [5.41, 5.74) is -0.400. The van der Waals surface area contributed by atoms with E-state index in [1.165, 1.54) is 6.42 Å². The van der Waals surface area contributed by atoms with Crippen molar-refractivity contribution in [3.8, 4) is 0 Å². The first-order valence-electron chi connectivity index (χ1n) is 4.79. The van der Waals surface area contributed by atoms with Crippen molar-refractivity contribution in [2.24, 2.45) is 23.2 Å². The van der Waals surface area contributed by atoms with Gasteiger partial charge in [-0.05, 0) is 43.9 Å². The number of hydrogen-bond donors (Lipinski definition) is 1. The van der Waals surface area contributed by atoms with Crippen LogP contribution in [0.25, 0.3) is 0 Å². The molecule has 2 aliphatic rings. The minimum absolute atomic E-state index is 0.400. The Bertz CT molecular complexity index is 224. The third kappa shape index (κ3) is 0.782. The van der Waals surface area contributed by atoms with E-state index in [0.29, 0.717) is 17.8 Å². The van der Waals surface area contributed by atoms with Gasteiger partial charge in [-0.1, -0.05) is 6.92 Å². The lowest BCUT2D eigenvalue weighted by Crippen LogP contribution is -2.33. The standard InChI is InChI=1S/C10H16O2/c1-6-7-3-4-8(6)10(2,5-7)9(11)12/h6-8H,3-5H2,1-2H3,(H,11,12). The fourth-order valence-corrected chi connectivity index (χ4v) is 3.38. The van der Waals surface area contributed by atoms with Crippen LogP contribution in [0.4, 0.5) is 0 Å². The van der Waals surface area contributed by atoms with Crippen molar-refractivity contribution in [1.29, 1.82) is 0 Å². The smallest absolute Gasteiger partial charge is 0.309 e. The van der Waals surface area contributed by atoms with Crippen molar-refractivity contribution in [3.05, 3.63) is 0 Å². The molecule has 2 rings (SSSR count). The Balaban J connectivity index is 2.28. The van der Waals surface area contributed by atoms with E-state index in [0.717, 1.165) is 12.8 Å². The van der Waals surface area contributed by atoms with Gasteiger partial charge >= 0.3 is 5.97 Å². The number of rotatable bonds is 1. The molecule has 2 heteroatoms. The molecule has 12 heavy (non-hydrogen) atoms. The first-order chi connectivity index (χ1) is 5.55. The van der Waals surface area contributed by atoms with Gasteiger partial charge in [-0.3, -0.25) is 4.79 Å². The molecule has 0 aromatic rings. The minimum atomic E-state index is -0.582. The summed E-state index contributed by atoms with van der Waals surface area (Å²) in [6.45, 7) is 4.15. The van der Waals surface area contributed by atoms with Gasteiger partial charge in [-0.25, -0.2) is 0 Å². The Kier molecular flexibility index (Phi) is 1.51. The lowest BCUT2D eigenvalue weighted by atomic mass is 9.74. The van der Waals surface area contributed by atoms with E-state index in [4.69, 9.17) is 5.11 Å². The molecule has 2 fully saturated rings. The number of fused-ring (bicyclic) bond motifs is 2. The molecule has 0 radical (unpaired) electrons. The van der Waals surface area contributed by atoms with Gasteiger partial charge < -0.3 is 5.11 Å².